The summed E-state index contributed by atoms with van der Waals surface area (Å²) in [4.78, 5) is 12.8. The second-order valence-electron chi connectivity index (χ2n) is 6.96. The maximum atomic E-state index is 13.4. The summed E-state index contributed by atoms with van der Waals surface area (Å²) < 4.78 is 33.3. The molecule has 1 N–H and O–H groups in total. The summed E-state index contributed by atoms with van der Waals surface area (Å²) >= 11 is 12.0. The molecule has 0 saturated heterocycles. The Labute approximate surface area is 197 Å². The van der Waals surface area contributed by atoms with Crippen LogP contribution in [0.25, 0.3) is 0 Å². The Morgan fingerprint density at radius 2 is 1.56 bits per heavy atom. The van der Waals surface area contributed by atoms with E-state index in [9.17, 15) is 13.2 Å². The molecule has 3 aromatic rings. The van der Waals surface area contributed by atoms with E-state index in [0.717, 1.165) is 9.87 Å². The monoisotopic (exact) mass is 492 g/mol. The molecule has 0 heterocycles. The lowest BCUT2D eigenvalue weighted by atomic mass is 10.2. The highest BCUT2D eigenvalue weighted by atomic mass is 35.5. The fourth-order valence-electron chi connectivity index (χ4n) is 2.98. The normalized spacial score (nSPS) is 11.1. The van der Waals surface area contributed by atoms with Crippen LogP contribution in [0.2, 0.25) is 10.0 Å². The largest absolute Gasteiger partial charge is 0.494 e. The van der Waals surface area contributed by atoms with Gasteiger partial charge in [-0.25, -0.2) is 8.42 Å². The van der Waals surface area contributed by atoms with Crippen LogP contribution in [0.3, 0.4) is 0 Å². The number of rotatable bonds is 8. The van der Waals surface area contributed by atoms with Gasteiger partial charge in [0.1, 0.15) is 12.3 Å². The van der Waals surface area contributed by atoms with Gasteiger partial charge in [-0.05, 0) is 68.4 Å². The molecule has 0 aromatic heterocycles. The van der Waals surface area contributed by atoms with Crippen LogP contribution in [0.5, 0.6) is 5.75 Å². The van der Waals surface area contributed by atoms with Crippen molar-refractivity contribution in [2.45, 2.75) is 18.7 Å². The fraction of sp³-hybridized carbons (Fsp3) is 0.174. The molecule has 168 valence electrons. The number of carbonyl (C=O) groups is 1. The molecule has 1 amide bonds. The summed E-state index contributed by atoms with van der Waals surface area (Å²) in [6, 6.07) is 17.5. The first-order valence-electron chi connectivity index (χ1n) is 9.77. The molecular formula is C23H22Cl2N2O4S. The molecular weight excluding hydrogens is 471 g/mol. The molecule has 3 rings (SSSR count). The molecule has 0 atom stereocenters. The second-order valence-corrected chi connectivity index (χ2v) is 9.69. The minimum atomic E-state index is -4.04. The van der Waals surface area contributed by atoms with Crippen molar-refractivity contribution >= 4 is 50.5 Å². The number of sulfonamides is 1. The number of amides is 1. The van der Waals surface area contributed by atoms with Gasteiger partial charge in [-0.1, -0.05) is 40.9 Å². The number of hydrogen-bond donors (Lipinski definition) is 1. The zero-order valence-corrected chi connectivity index (χ0v) is 19.8. The van der Waals surface area contributed by atoms with E-state index in [1.165, 1.54) is 30.3 Å². The Morgan fingerprint density at radius 3 is 2.12 bits per heavy atom. The standard InChI is InChI=1S/C23H22Cl2N2O4S/c1-3-31-21-8-10-22(11-9-21)32(29,30)27(20-6-4-16(2)5-7-20)15-23(28)26-19-13-17(24)12-18(25)14-19/h4-14H,3,15H2,1-2H3,(H,26,28). The minimum absolute atomic E-state index is 0.0418. The molecule has 32 heavy (non-hydrogen) atoms. The third-order valence-electron chi connectivity index (χ3n) is 4.48. The third-order valence-corrected chi connectivity index (χ3v) is 6.70. The summed E-state index contributed by atoms with van der Waals surface area (Å²) in [7, 11) is -4.04. The van der Waals surface area contributed by atoms with Crippen LogP contribution < -0.4 is 14.4 Å². The zero-order valence-electron chi connectivity index (χ0n) is 17.5. The summed E-state index contributed by atoms with van der Waals surface area (Å²) in [6.45, 7) is 3.76. The van der Waals surface area contributed by atoms with Crippen LogP contribution in [0.15, 0.2) is 71.6 Å². The van der Waals surface area contributed by atoms with Crippen LogP contribution >= 0.6 is 23.2 Å². The molecule has 9 heteroatoms. The van der Waals surface area contributed by atoms with Crippen molar-refractivity contribution in [3.8, 4) is 5.75 Å². The predicted molar refractivity (Wildman–Crippen MR) is 128 cm³/mol. The van der Waals surface area contributed by atoms with Crippen molar-refractivity contribution in [3.63, 3.8) is 0 Å². The van der Waals surface area contributed by atoms with Gasteiger partial charge in [0, 0.05) is 15.7 Å². The van der Waals surface area contributed by atoms with Gasteiger partial charge in [0.15, 0.2) is 0 Å². The molecule has 0 aliphatic heterocycles. The highest BCUT2D eigenvalue weighted by molar-refractivity contribution is 7.92. The number of carbonyl (C=O) groups excluding carboxylic acids is 1. The van der Waals surface area contributed by atoms with E-state index in [2.05, 4.69) is 5.32 Å². The second kappa shape index (κ2) is 10.3. The van der Waals surface area contributed by atoms with Gasteiger partial charge in [0.25, 0.3) is 10.0 Å². The summed E-state index contributed by atoms with van der Waals surface area (Å²) in [5.74, 6) is 0.0160. The van der Waals surface area contributed by atoms with Gasteiger partial charge < -0.3 is 10.1 Å². The first kappa shape index (κ1) is 23.9. The number of benzene rings is 3. The number of hydrogen-bond acceptors (Lipinski definition) is 4. The van der Waals surface area contributed by atoms with E-state index in [4.69, 9.17) is 27.9 Å². The van der Waals surface area contributed by atoms with Crippen molar-refractivity contribution in [2.24, 2.45) is 0 Å². The van der Waals surface area contributed by atoms with Crippen LogP contribution in [0.1, 0.15) is 12.5 Å². The smallest absolute Gasteiger partial charge is 0.264 e. The van der Waals surface area contributed by atoms with E-state index in [1.54, 1.807) is 36.4 Å². The highest BCUT2D eigenvalue weighted by Gasteiger charge is 2.27. The summed E-state index contributed by atoms with van der Waals surface area (Å²) in [5.41, 5.74) is 1.70. The average Bonchev–Trinajstić information content (AvgIpc) is 2.72. The molecule has 0 spiro atoms. The summed E-state index contributed by atoms with van der Waals surface area (Å²) in [6.07, 6.45) is 0. The molecule has 6 nitrogen and oxygen atoms in total. The van der Waals surface area contributed by atoms with Crippen molar-refractivity contribution in [3.05, 3.63) is 82.3 Å². The number of halogens is 2. The van der Waals surface area contributed by atoms with Gasteiger partial charge >= 0.3 is 0 Å². The lowest BCUT2D eigenvalue weighted by molar-refractivity contribution is -0.114. The van der Waals surface area contributed by atoms with Crippen molar-refractivity contribution in [1.29, 1.82) is 0 Å². The van der Waals surface area contributed by atoms with E-state index >= 15 is 0 Å². The lowest BCUT2D eigenvalue weighted by Gasteiger charge is -2.24. The quantitative estimate of drug-likeness (QED) is 0.448. The molecule has 0 saturated carbocycles. The maximum Gasteiger partial charge on any atom is 0.264 e. The number of aryl methyl sites for hydroxylation is 1. The van der Waals surface area contributed by atoms with Gasteiger partial charge in [-0.15, -0.1) is 0 Å². The van der Waals surface area contributed by atoms with Crippen molar-refractivity contribution < 1.29 is 17.9 Å². The van der Waals surface area contributed by atoms with E-state index < -0.39 is 22.5 Å². The Bertz CT molecular complexity index is 1180. The van der Waals surface area contributed by atoms with Crippen molar-refractivity contribution in [2.75, 3.05) is 22.8 Å². The van der Waals surface area contributed by atoms with Gasteiger partial charge in [-0.2, -0.15) is 0 Å². The van der Waals surface area contributed by atoms with Crippen LogP contribution in [0, 0.1) is 6.92 Å². The molecule has 0 aliphatic carbocycles. The maximum absolute atomic E-state index is 13.4. The molecule has 0 aliphatic rings. The van der Waals surface area contributed by atoms with Gasteiger partial charge in [0.2, 0.25) is 5.91 Å². The molecule has 3 aromatic carbocycles. The van der Waals surface area contributed by atoms with E-state index in [1.807, 2.05) is 13.8 Å². The number of ether oxygens (including phenoxy) is 1. The molecule has 0 fully saturated rings. The summed E-state index contributed by atoms with van der Waals surface area (Å²) in [5, 5.41) is 3.35. The lowest BCUT2D eigenvalue weighted by Crippen LogP contribution is -2.38. The Morgan fingerprint density at radius 1 is 0.969 bits per heavy atom. The Balaban J connectivity index is 1.92. The molecule has 0 bridgehead atoms. The minimum Gasteiger partial charge on any atom is -0.494 e. The Hall–Kier alpha value is -2.74. The van der Waals surface area contributed by atoms with Crippen LogP contribution in [0.4, 0.5) is 11.4 Å². The average molecular weight is 493 g/mol. The van der Waals surface area contributed by atoms with E-state index in [-0.39, 0.29) is 4.90 Å². The predicted octanol–water partition coefficient (Wildman–Crippen LogP) is 5.53. The topological polar surface area (TPSA) is 75.7 Å². The fourth-order valence-corrected chi connectivity index (χ4v) is 4.93. The number of anilines is 2. The van der Waals surface area contributed by atoms with Gasteiger partial charge in [-0.3, -0.25) is 9.10 Å². The number of nitrogens with zero attached hydrogens (tertiary/aromatic N) is 1. The Kier molecular flexibility index (Phi) is 7.66. The first-order valence-corrected chi connectivity index (χ1v) is 12.0. The SMILES string of the molecule is CCOc1ccc(S(=O)(=O)N(CC(=O)Nc2cc(Cl)cc(Cl)c2)c2ccc(C)cc2)cc1. The van der Waals surface area contributed by atoms with Gasteiger partial charge in [0.05, 0.1) is 17.2 Å². The zero-order chi connectivity index (χ0) is 23.3. The van der Waals surface area contributed by atoms with Crippen LogP contribution in [-0.4, -0.2) is 27.5 Å². The number of nitrogens with one attached hydrogen (secondary N) is 1. The molecule has 0 unspecified atom stereocenters. The first-order chi connectivity index (χ1) is 15.2. The third kappa shape index (κ3) is 5.94. The highest BCUT2D eigenvalue weighted by Crippen LogP contribution is 2.26. The molecule has 0 radical (unpaired) electrons. The van der Waals surface area contributed by atoms with E-state index in [0.29, 0.717) is 33.8 Å². The van der Waals surface area contributed by atoms with Crippen LogP contribution in [-0.2, 0) is 14.8 Å². The van der Waals surface area contributed by atoms with Crippen molar-refractivity contribution in [1.82, 2.24) is 0 Å².